The van der Waals surface area contributed by atoms with Crippen LogP contribution in [0.1, 0.15) is 39.5 Å². The molecule has 1 rings (SSSR count). The van der Waals surface area contributed by atoms with Gasteiger partial charge in [-0.25, -0.2) is 0 Å². The zero-order valence-electron chi connectivity index (χ0n) is 11.8. The Labute approximate surface area is 107 Å². The Bertz CT molecular complexity index is 193. The molecule has 1 aliphatic heterocycles. The Morgan fingerprint density at radius 3 is 2.65 bits per heavy atom. The Morgan fingerprint density at radius 1 is 1.35 bits per heavy atom. The van der Waals surface area contributed by atoms with Gasteiger partial charge >= 0.3 is 0 Å². The third-order valence-corrected chi connectivity index (χ3v) is 3.58. The van der Waals surface area contributed by atoms with Gasteiger partial charge in [-0.3, -0.25) is 0 Å². The normalized spacial score (nSPS) is 18.8. The molecule has 100 valence electrons. The van der Waals surface area contributed by atoms with Gasteiger partial charge in [0.15, 0.2) is 0 Å². The van der Waals surface area contributed by atoms with Crippen LogP contribution >= 0.6 is 0 Å². The highest BCUT2D eigenvalue weighted by Crippen LogP contribution is 2.16. The summed E-state index contributed by atoms with van der Waals surface area (Å²) in [4.78, 5) is 2.61. The van der Waals surface area contributed by atoms with E-state index in [4.69, 9.17) is 0 Å². The van der Waals surface area contributed by atoms with Gasteiger partial charge in [0.2, 0.25) is 0 Å². The number of likely N-dealkylation sites (tertiary alicyclic amines) is 1. The van der Waals surface area contributed by atoms with E-state index in [1.807, 2.05) is 6.08 Å². The van der Waals surface area contributed by atoms with Crippen molar-refractivity contribution in [2.24, 2.45) is 11.8 Å². The van der Waals surface area contributed by atoms with E-state index >= 15 is 0 Å². The highest BCUT2D eigenvalue weighted by Gasteiger charge is 2.18. The van der Waals surface area contributed by atoms with Crippen LogP contribution in [-0.4, -0.2) is 37.6 Å². The van der Waals surface area contributed by atoms with E-state index in [9.17, 15) is 0 Å². The summed E-state index contributed by atoms with van der Waals surface area (Å²) in [7, 11) is 0. The second-order valence-electron chi connectivity index (χ2n) is 5.77. The monoisotopic (exact) mass is 238 g/mol. The van der Waals surface area contributed by atoms with E-state index in [1.165, 1.54) is 52.0 Å². The van der Waals surface area contributed by atoms with E-state index in [0.29, 0.717) is 0 Å². The summed E-state index contributed by atoms with van der Waals surface area (Å²) in [6.45, 7) is 14.6. The van der Waals surface area contributed by atoms with E-state index in [0.717, 1.165) is 18.3 Å². The van der Waals surface area contributed by atoms with Gasteiger partial charge < -0.3 is 10.2 Å². The molecular formula is C15H30N2. The fraction of sp³-hybridized carbons (Fsp3) is 0.867. The number of unbranched alkanes of at least 4 members (excludes halogenated alkanes) is 1. The summed E-state index contributed by atoms with van der Waals surface area (Å²) in [5.74, 6) is 1.68. The van der Waals surface area contributed by atoms with Gasteiger partial charge in [0.25, 0.3) is 0 Å². The average Bonchev–Trinajstić information content (AvgIpc) is 2.31. The quantitative estimate of drug-likeness (QED) is 0.517. The predicted octanol–water partition coefficient (Wildman–Crippen LogP) is 2.91. The van der Waals surface area contributed by atoms with Gasteiger partial charge in [0.1, 0.15) is 0 Å². The van der Waals surface area contributed by atoms with E-state index in [2.05, 4.69) is 30.6 Å². The number of rotatable bonds is 8. The first-order valence-electron chi connectivity index (χ1n) is 7.26. The minimum atomic E-state index is 0.772. The lowest BCUT2D eigenvalue weighted by atomic mass is 9.96. The zero-order chi connectivity index (χ0) is 12.5. The molecule has 1 fully saturated rings. The third kappa shape index (κ3) is 6.85. The second kappa shape index (κ2) is 8.71. The summed E-state index contributed by atoms with van der Waals surface area (Å²) in [6, 6.07) is 0. The number of hydrogen-bond acceptors (Lipinski definition) is 2. The van der Waals surface area contributed by atoms with Crippen molar-refractivity contribution in [1.82, 2.24) is 10.2 Å². The van der Waals surface area contributed by atoms with Gasteiger partial charge in [0.05, 0.1) is 0 Å². The molecule has 1 saturated heterocycles. The summed E-state index contributed by atoms with van der Waals surface area (Å²) in [5, 5.41) is 3.59. The van der Waals surface area contributed by atoms with Crippen molar-refractivity contribution < 1.29 is 0 Å². The molecule has 0 aliphatic carbocycles. The third-order valence-electron chi connectivity index (χ3n) is 3.58. The van der Waals surface area contributed by atoms with Crippen molar-refractivity contribution in [1.29, 1.82) is 0 Å². The Balaban J connectivity index is 2.03. The Morgan fingerprint density at radius 2 is 2.06 bits per heavy atom. The van der Waals surface area contributed by atoms with Gasteiger partial charge in [-0.2, -0.15) is 0 Å². The van der Waals surface area contributed by atoms with Gasteiger partial charge in [-0.15, -0.1) is 6.58 Å². The van der Waals surface area contributed by atoms with Crippen molar-refractivity contribution in [2.45, 2.75) is 39.5 Å². The van der Waals surface area contributed by atoms with Crippen molar-refractivity contribution in [3.05, 3.63) is 12.7 Å². The minimum Gasteiger partial charge on any atom is -0.316 e. The Hall–Kier alpha value is -0.340. The van der Waals surface area contributed by atoms with Crippen molar-refractivity contribution >= 4 is 0 Å². The molecule has 1 N–H and O–H groups in total. The standard InChI is InChI=1S/C15H30N2/c1-4-5-6-9-17-10-7-15(8-11-17)13-16-12-14(2)3/h4,14-16H,1,5-13H2,2-3H3. The lowest BCUT2D eigenvalue weighted by molar-refractivity contribution is 0.180. The molecule has 0 saturated carbocycles. The number of nitrogens with zero attached hydrogens (tertiary/aromatic N) is 1. The SMILES string of the molecule is C=CCCCN1CCC(CNCC(C)C)CC1. The van der Waals surface area contributed by atoms with Gasteiger partial charge in [-0.1, -0.05) is 19.9 Å². The maximum atomic E-state index is 3.78. The molecule has 1 heterocycles. The van der Waals surface area contributed by atoms with Crippen LogP contribution in [0.4, 0.5) is 0 Å². The van der Waals surface area contributed by atoms with E-state index in [1.54, 1.807) is 0 Å². The minimum absolute atomic E-state index is 0.772. The number of allylic oxidation sites excluding steroid dienone is 1. The fourth-order valence-electron chi connectivity index (χ4n) is 2.45. The van der Waals surface area contributed by atoms with Crippen LogP contribution in [0.3, 0.4) is 0 Å². The summed E-state index contributed by atoms with van der Waals surface area (Å²) >= 11 is 0. The highest BCUT2D eigenvalue weighted by atomic mass is 15.1. The molecule has 0 radical (unpaired) electrons. The first-order chi connectivity index (χ1) is 8.22. The summed E-state index contributed by atoms with van der Waals surface area (Å²) in [6.07, 6.45) is 7.22. The molecule has 1 aliphatic rings. The number of nitrogens with one attached hydrogen (secondary N) is 1. The maximum absolute atomic E-state index is 3.78. The smallest absolute Gasteiger partial charge is 0.00156 e. The molecular weight excluding hydrogens is 208 g/mol. The molecule has 2 heteroatoms. The highest BCUT2D eigenvalue weighted by molar-refractivity contribution is 4.75. The molecule has 0 bridgehead atoms. The van der Waals surface area contributed by atoms with Crippen LogP contribution < -0.4 is 5.32 Å². The topological polar surface area (TPSA) is 15.3 Å². The van der Waals surface area contributed by atoms with Crippen molar-refractivity contribution in [3.8, 4) is 0 Å². The first-order valence-corrected chi connectivity index (χ1v) is 7.26. The van der Waals surface area contributed by atoms with Crippen molar-refractivity contribution in [3.63, 3.8) is 0 Å². The van der Waals surface area contributed by atoms with Crippen molar-refractivity contribution in [2.75, 3.05) is 32.7 Å². The molecule has 0 aromatic heterocycles. The lowest BCUT2D eigenvalue weighted by Crippen LogP contribution is -2.38. The lowest BCUT2D eigenvalue weighted by Gasteiger charge is -2.32. The molecule has 0 aromatic rings. The zero-order valence-corrected chi connectivity index (χ0v) is 11.8. The van der Waals surface area contributed by atoms with Crippen LogP contribution in [0.2, 0.25) is 0 Å². The first kappa shape index (κ1) is 14.7. The number of hydrogen-bond donors (Lipinski definition) is 1. The number of piperidine rings is 1. The summed E-state index contributed by atoms with van der Waals surface area (Å²) in [5.41, 5.74) is 0. The molecule has 17 heavy (non-hydrogen) atoms. The maximum Gasteiger partial charge on any atom is -0.00156 e. The average molecular weight is 238 g/mol. The molecule has 0 aromatic carbocycles. The summed E-state index contributed by atoms with van der Waals surface area (Å²) < 4.78 is 0. The molecule has 0 amide bonds. The largest absolute Gasteiger partial charge is 0.316 e. The molecule has 0 atom stereocenters. The van der Waals surface area contributed by atoms with Crippen LogP contribution in [0.15, 0.2) is 12.7 Å². The molecule has 0 spiro atoms. The van der Waals surface area contributed by atoms with Crippen LogP contribution in [-0.2, 0) is 0 Å². The van der Waals surface area contributed by atoms with E-state index in [-0.39, 0.29) is 0 Å². The second-order valence-corrected chi connectivity index (χ2v) is 5.77. The van der Waals surface area contributed by atoms with Crippen LogP contribution in [0.25, 0.3) is 0 Å². The molecule has 2 nitrogen and oxygen atoms in total. The predicted molar refractivity (Wildman–Crippen MR) is 76.3 cm³/mol. The van der Waals surface area contributed by atoms with Gasteiger partial charge in [-0.05, 0) is 70.2 Å². The Kier molecular flexibility index (Phi) is 7.54. The van der Waals surface area contributed by atoms with Crippen LogP contribution in [0, 0.1) is 11.8 Å². The van der Waals surface area contributed by atoms with Crippen LogP contribution in [0.5, 0.6) is 0 Å². The van der Waals surface area contributed by atoms with Gasteiger partial charge in [0, 0.05) is 0 Å². The van der Waals surface area contributed by atoms with E-state index < -0.39 is 0 Å². The molecule has 0 unspecified atom stereocenters. The fourth-order valence-corrected chi connectivity index (χ4v) is 2.45.